The predicted molar refractivity (Wildman–Crippen MR) is 88.4 cm³/mol. The van der Waals surface area contributed by atoms with Gasteiger partial charge >= 0.3 is 11.9 Å². The van der Waals surface area contributed by atoms with Crippen LogP contribution >= 0.6 is 0 Å². The minimum absolute atomic E-state index is 0.00381. The van der Waals surface area contributed by atoms with Crippen LogP contribution in [0.1, 0.15) is 24.3 Å². The molecule has 2 atom stereocenters. The number of carbonyl (C=O) groups excluding carboxylic acids is 2. The lowest BCUT2D eigenvalue weighted by Crippen LogP contribution is -2.43. The largest absolute Gasteiger partial charge is 0.468 e. The first-order valence-corrected chi connectivity index (χ1v) is 7.86. The van der Waals surface area contributed by atoms with Crippen molar-refractivity contribution in [2.75, 3.05) is 14.2 Å². The number of carbonyl (C=O) groups is 2. The summed E-state index contributed by atoms with van der Waals surface area (Å²) in [5, 5.41) is 12.3. The van der Waals surface area contributed by atoms with E-state index in [9.17, 15) is 14.7 Å². The zero-order chi connectivity index (χ0) is 17.3. The first-order chi connectivity index (χ1) is 11.5. The molecule has 1 saturated carbocycles. The second kappa shape index (κ2) is 6.24. The molecule has 0 aliphatic heterocycles. The molecule has 0 radical (unpaired) electrons. The van der Waals surface area contributed by atoms with Crippen LogP contribution in [0.25, 0.3) is 10.8 Å². The Bertz CT molecular complexity index is 766. The van der Waals surface area contributed by atoms with Crippen molar-refractivity contribution in [1.29, 1.82) is 0 Å². The Morgan fingerprint density at radius 1 is 1.04 bits per heavy atom. The highest BCUT2D eigenvalue weighted by Crippen LogP contribution is 2.51. The van der Waals surface area contributed by atoms with E-state index >= 15 is 0 Å². The van der Waals surface area contributed by atoms with Gasteiger partial charge in [-0.25, -0.2) is 0 Å². The van der Waals surface area contributed by atoms with Crippen LogP contribution in [-0.2, 0) is 19.1 Å². The minimum Gasteiger partial charge on any atom is -0.468 e. The SMILES string of the molecule is COC(=O)C1(C(=O)OC)C[C@H](O)C[C@@H]1c1ccc2ccccc2c1. The molecule has 2 aromatic rings. The summed E-state index contributed by atoms with van der Waals surface area (Å²) < 4.78 is 9.79. The minimum atomic E-state index is -1.51. The quantitative estimate of drug-likeness (QED) is 0.692. The van der Waals surface area contributed by atoms with Crippen LogP contribution in [0, 0.1) is 5.41 Å². The summed E-state index contributed by atoms with van der Waals surface area (Å²) in [6.07, 6.45) is -0.452. The molecule has 0 saturated heterocycles. The Balaban J connectivity index is 2.14. The maximum atomic E-state index is 12.5. The number of fused-ring (bicyclic) bond motifs is 1. The normalized spacial score (nSPS) is 22.3. The number of benzene rings is 2. The van der Waals surface area contributed by atoms with Crippen LogP contribution in [0.4, 0.5) is 0 Å². The maximum absolute atomic E-state index is 12.5. The van der Waals surface area contributed by atoms with Gasteiger partial charge in [-0.15, -0.1) is 0 Å². The zero-order valence-corrected chi connectivity index (χ0v) is 13.7. The van der Waals surface area contributed by atoms with Gasteiger partial charge in [0.05, 0.1) is 20.3 Å². The molecular formula is C19H20O5. The lowest BCUT2D eigenvalue weighted by atomic mass is 9.74. The van der Waals surface area contributed by atoms with Crippen LogP contribution in [0.5, 0.6) is 0 Å². The number of esters is 2. The van der Waals surface area contributed by atoms with E-state index in [-0.39, 0.29) is 6.42 Å². The molecule has 0 spiro atoms. The van der Waals surface area contributed by atoms with E-state index in [0.29, 0.717) is 6.42 Å². The summed E-state index contributed by atoms with van der Waals surface area (Å²) >= 11 is 0. The summed E-state index contributed by atoms with van der Waals surface area (Å²) in [5.41, 5.74) is -0.688. The van der Waals surface area contributed by atoms with E-state index < -0.39 is 29.4 Å². The van der Waals surface area contributed by atoms with Gasteiger partial charge in [0.25, 0.3) is 0 Å². The molecule has 2 aromatic carbocycles. The fourth-order valence-electron chi connectivity index (χ4n) is 3.81. The van der Waals surface area contributed by atoms with Gasteiger partial charge < -0.3 is 14.6 Å². The molecule has 1 aliphatic rings. The van der Waals surface area contributed by atoms with Gasteiger partial charge in [-0.05, 0) is 22.8 Å². The monoisotopic (exact) mass is 328 g/mol. The average Bonchev–Trinajstić information content (AvgIpc) is 2.98. The Hall–Kier alpha value is -2.40. The van der Waals surface area contributed by atoms with Crippen LogP contribution in [0.3, 0.4) is 0 Å². The Morgan fingerprint density at radius 3 is 2.29 bits per heavy atom. The number of hydrogen-bond acceptors (Lipinski definition) is 5. The van der Waals surface area contributed by atoms with E-state index in [0.717, 1.165) is 16.3 Å². The van der Waals surface area contributed by atoms with Gasteiger partial charge in [-0.1, -0.05) is 42.5 Å². The molecule has 0 unspecified atom stereocenters. The molecule has 3 rings (SSSR count). The summed E-state index contributed by atoms with van der Waals surface area (Å²) in [6.45, 7) is 0. The number of ether oxygens (including phenoxy) is 2. The highest BCUT2D eigenvalue weighted by Gasteiger charge is 2.60. The zero-order valence-electron chi connectivity index (χ0n) is 13.7. The van der Waals surface area contributed by atoms with E-state index in [2.05, 4.69) is 0 Å². The lowest BCUT2D eigenvalue weighted by molar-refractivity contribution is -0.170. The number of aliphatic hydroxyl groups is 1. The Kier molecular flexibility index (Phi) is 4.28. The highest BCUT2D eigenvalue weighted by molar-refractivity contribution is 6.02. The molecule has 0 aromatic heterocycles. The second-order valence-corrected chi connectivity index (χ2v) is 6.21. The molecule has 1 aliphatic carbocycles. The molecule has 1 N–H and O–H groups in total. The van der Waals surface area contributed by atoms with Gasteiger partial charge in [0.1, 0.15) is 0 Å². The van der Waals surface area contributed by atoms with E-state index in [1.54, 1.807) is 0 Å². The van der Waals surface area contributed by atoms with Crippen molar-refractivity contribution in [3.63, 3.8) is 0 Å². The molecule has 0 amide bonds. The van der Waals surface area contributed by atoms with Crippen molar-refractivity contribution in [2.45, 2.75) is 24.9 Å². The van der Waals surface area contributed by atoms with Crippen molar-refractivity contribution in [3.05, 3.63) is 48.0 Å². The standard InChI is InChI=1S/C19H20O5/c1-23-17(21)19(18(22)24-2)11-15(20)10-16(19)14-8-7-12-5-3-4-6-13(12)9-14/h3-9,15-16,20H,10-11H2,1-2H3/t15-,16-/m1/s1. The third-order valence-corrected chi connectivity index (χ3v) is 4.94. The van der Waals surface area contributed by atoms with Crippen LogP contribution in [-0.4, -0.2) is 37.4 Å². The summed E-state index contributed by atoms with van der Waals surface area (Å²) in [6, 6.07) is 13.7. The van der Waals surface area contributed by atoms with Crippen molar-refractivity contribution in [3.8, 4) is 0 Å². The maximum Gasteiger partial charge on any atom is 0.323 e. The van der Waals surface area contributed by atoms with Gasteiger partial charge in [0, 0.05) is 12.3 Å². The predicted octanol–water partition coefficient (Wildman–Crippen LogP) is 2.41. The first-order valence-electron chi connectivity index (χ1n) is 7.86. The van der Waals surface area contributed by atoms with Crippen molar-refractivity contribution >= 4 is 22.7 Å². The van der Waals surface area contributed by atoms with Crippen LogP contribution in [0.2, 0.25) is 0 Å². The molecular weight excluding hydrogens is 308 g/mol. The Labute approximate surface area is 140 Å². The fraction of sp³-hybridized carbons (Fsp3) is 0.368. The molecule has 5 nitrogen and oxygen atoms in total. The van der Waals surface area contributed by atoms with Gasteiger partial charge in [0.15, 0.2) is 5.41 Å². The van der Waals surface area contributed by atoms with Crippen LogP contribution < -0.4 is 0 Å². The topological polar surface area (TPSA) is 72.8 Å². The fourth-order valence-corrected chi connectivity index (χ4v) is 3.81. The van der Waals surface area contributed by atoms with Crippen molar-refractivity contribution < 1.29 is 24.2 Å². The molecule has 5 heteroatoms. The van der Waals surface area contributed by atoms with Crippen molar-refractivity contribution in [1.82, 2.24) is 0 Å². The number of methoxy groups -OCH3 is 2. The molecule has 126 valence electrons. The van der Waals surface area contributed by atoms with Crippen LogP contribution in [0.15, 0.2) is 42.5 Å². The van der Waals surface area contributed by atoms with E-state index in [1.165, 1.54) is 14.2 Å². The van der Waals surface area contributed by atoms with Crippen molar-refractivity contribution in [2.24, 2.45) is 5.41 Å². The number of hydrogen-bond donors (Lipinski definition) is 1. The molecule has 1 fully saturated rings. The third kappa shape index (κ3) is 2.45. The second-order valence-electron chi connectivity index (χ2n) is 6.21. The van der Waals surface area contributed by atoms with Gasteiger partial charge in [0.2, 0.25) is 0 Å². The third-order valence-electron chi connectivity index (χ3n) is 4.94. The summed E-state index contributed by atoms with van der Waals surface area (Å²) in [4.78, 5) is 25.0. The smallest absolute Gasteiger partial charge is 0.323 e. The Morgan fingerprint density at radius 2 is 1.67 bits per heavy atom. The molecule has 0 heterocycles. The number of aliphatic hydroxyl groups excluding tert-OH is 1. The summed E-state index contributed by atoms with van der Waals surface area (Å²) in [5.74, 6) is -1.81. The molecule has 24 heavy (non-hydrogen) atoms. The summed E-state index contributed by atoms with van der Waals surface area (Å²) in [7, 11) is 2.49. The van der Waals surface area contributed by atoms with Gasteiger partial charge in [-0.3, -0.25) is 9.59 Å². The number of rotatable bonds is 3. The average molecular weight is 328 g/mol. The first kappa shape index (κ1) is 16.5. The van der Waals surface area contributed by atoms with Gasteiger partial charge in [-0.2, -0.15) is 0 Å². The lowest BCUT2D eigenvalue weighted by Gasteiger charge is -2.30. The molecule has 0 bridgehead atoms. The van der Waals surface area contributed by atoms with E-state index in [1.807, 2.05) is 42.5 Å². The van der Waals surface area contributed by atoms with E-state index in [4.69, 9.17) is 9.47 Å². The highest BCUT2D eigenvalue weighted by atomic mass is 16.5.